The highest BCUT2D eigenvalue weighted by molar-refractivity contribution is 5.82. The van der Waals surface area contributed by atoms with Gasteiger partial charge in [-0.1, -0.05) is 6.92 Å². The lowest BCUT2D eigenvalue weighted by Gasteiger charge is -2.34. The lowest BCUT2D eigenvalue weighted by molar-refractivity contribution is -0.136. The molecule has 4 rings (SSSR count). The Balaban J connectivity index is 1.38. The van der Waals surface area contributed by atoms with Crippen molar-refractivity contribution < 1.29 is 14.0 Å². The topological polar surface area (TPSA) is 80.4 Å². The SMILES string of the molecule is C[C@@H]1C[C@H]1C(=O)N1CCn2cc(CC(=O)NCc3ccco3)nc2[C@@H]1C. The molecule has 2 aromatic heterocycles. The molecule has 1 aliphatic carbocycles. The molecule has 1 aliphatic heterocycles. The van der Waals surface area contributed by atoms with E-state index in [-0.39, 0.29) is 30.2 Å². The summed E-state index contributed by atoms with van der Waals surface area (Å²) in [6, 6.07) is 3.56. The highest BCUT2D eigenvalue weighted by atomic mass is 16.3. The summed E-state index contributed by atoms with van der Waals surface area (Å²) < 4.78 is 7.28. The molecule has 2 aromatic rings. The Kier molecular flexibility index (Phi) is 4.30. The van der Waals surface area contributed by atoms with Gasteiger partial charge in [0.2, 0.25) is 11.8 Å². The lowest BCUT2D eigenvalue weighted by Crippen LogP contribution is -2.42. The summed E-state index contributed by atoms with van der Waals surface area (Å²) in [6.45, 7) is 5.95. The molecule has 1 N–H and O–H groups in total. The van der Waals surface area contributed by atoms with Crippen LogP contribution in [-0.4, -0.2) is 32.8 Å². The number of imidazole rings is 1. The Hall–Kier alpha value is -2.57. The standard InChI is InChI=1S/C19H24N4O3/c1-12-8-16(12)19(25)23-6-5-22-11-14(21-18(22)13(23)2)9-17(24)20-10-15-4-3-7-26-15/h3-4,7,11-13,16H,5-6,8-10H2,1-2H3,(H,20,24)/t12-,13+,16-/m1/s1. The van der Waals surface area contributed by atoms with E-state index < -0.39 is 0 Å². The van der Waals surface area contributed by atoms with Crippen molar-refractivity contribution in [3.05, 3.63) is 41.9 Å². The van der Waals surface area contributed by atoms with Crippen molar-refractivity contribution in [2.45, 2.75) is 45.8 Å². The number of rotatable bonds is 5. The molecule has 26 heavy (non-hydrogen) atoms. The van der Waals surface area contributed by atoms with Crippen molar-refractivity contribution in [1.29, 1.82) is 0 Å². The summed E-state index contributed by atoms with van der Waals surface area (Å²) >= 11 is 0. The van der Waals surface area contributed by atoms with Gasteiger partial charge in [-0.25, -0.2) is 4.98 Å². The van der Waals surface area contributed by atoms with Gasteiger partial charge >= 0.3 is 0 Å². The minimum absolute atomic E-state index is 0.0519. The van der Waals surface area contributed by atoms with Crippen LogP contribution in [0.5, 0.6) is 0 Å². The summed E-state index contributed by atoms with van der Waals surface area (Å²) in [4.78, 5) is 31.3. The van der Waals surface area contributed by atoms with E-state index in [0.717, 1.165) is 30.2 Å². The minimum atomic E-state index is -0.0933. The number of hydrogen-bond donors (Lipinski definition) is 1. The summed E-state index contributed by atoms with van der Waals surface area (Å²) in [5.41, 5.74) is 0.734. The molecule has 0 spiro atoms. The fourth-order valence-electron chi connectivity index (χ4n) is 3.64. The first kappa shape index (κ1) is 16.9. The molecular weight excluding hydrogens is 332 g/mol. The van der Waals surface area contributed by atoms with Crippen LogP contribution in [0.1, 0.15) is 43.6 Å². The fourth-order valence-corrected chi connectivity index (χ4v) is 3.64. The van der Waals surface area contributed by atoms with Gasteiger partial charge in [0.25, 0.3) is 0 Å². The van der Waals surface area contributed by atoms with Crippen LogP contribution in [-0.2, 0) is 29.1 Å². The van der Waals surface area contributed by atoms with Gasteiger partial charge in [-0.2, -0.15) is 0 Å². The molecule has 7 nitrogen and oxygen atoms in total. The van der Waals surface area contributed by atoms with Crippen molar-refractivity contribution in [3.8, 4) is 0 Å². The first-order chi connectivity index (χ1) is 12.5. The van der Waals surface area contributed by atoms with Crippen molar-refractivity contribution in [1.82, 2.24) is 19.8 Å². The second-order valence-corrected chi connectivity index (χ2v) is 7.34. The van der Waals surface area contributed by atoms with Crippen LogP contribution in [0, 0.1) is 11.8 Å². The Morgan fingerprint density at radius 1 is 1.35 bits per heavy atom. The second-order valence-electron chi connectivity index (χ2n) is 7.34. The molecule has 0 aromatic carbocycles. The van der Waals surface area contributed by atoms with E-state index in [9.17, 15) is 9.59 Å². The molecule has 1 fully saturated rings. The maximum absolute atomic E-state index is 12.6. The van der Waals surface area contributed by atoms with Crippen LogP contribution in [0.15, 0.2) is 29.0 Å². The number of hydrogen-bond acceptors (Lipinski definition) is 4. The number of aromatic nitrogens is 2. The molecule has 0 saturated heterocycles. The molecule has 2 aliphatic rings. The monoisotopic (exact) mass is 356 g/mol. The van der Waals surface area contributed by atoms with Crippen LogP contribution in [0.4, 0.5) is 0 Å². The van der Waals surface area contributed by atoms with Gasteiger partial charge in [0.05, 0.1) is 31.0 Å². The van der Waals surface area contributed by atoms with E-state index in [1.54, 1.807) is 12.3 Å². The van der Waals surface area contributed by atoms with Crippen LogP contribution < -0.4 is 5.32 Å². The molecule has 2 amide bonds. The van der Waals surface area contributed by atoms with Gasteiger partial charge in [-0.05, 0) is 31.4 Å². The third kappa shape index (κ3) is 3.25. The average molecular weight is 356 g/mol. The first-order valence-corrected chi connectivity index (χ1v) is 9.18. The zero-order valence-corrected chi connectivity index (χ0v) is 15.1. The predicted octanol–water partition coefficient (Wildman–Crippen LogP) is 1.89. The van der Waals surface area contributed by atoms with Gasteiger partial charge in [-0.3, -0.25) is 9.59 Å². The van der Waals surface area contributed by atoms with Gasteiger partial charge in [0.1, 0.15) is 11.6 Å². The van der Waals surface area contributed by atoms with E-state index in [0.29, 0.717) is 19.0 Å². The number of nitrogens with one attached hydrogen (secondary N) is 1. The number of carbonyl (C=O) groups excluding carboxylic acids is 2. The minimum Gasteiger partial charge on any atom is -0.467 e. The van der Waals surface area contributed by atoms with Crippen LogP contribution in [0.25, 0.3) is 0 Å². The third-order valence-electron chi connectivity index (χ3n) is 5.37. The summed E-state index contributed by atoms with van der Waals surface area (Å²) in [5.74, 6) is 2.43. The zero-order chi connectivity index (χ0) is 18.3. The van der Waals surface area contributed by atoms with E-state index in [1.165, 1.54) is 0 Å². The van der Waals surface area contributed by atoms with Crippen molar-refractivity contribution in [2.75, 3.05) is 6.54 Å². The molecule has 3 heterocycles. The maximum atomic E-state index is 12.6. The van der Waals surface area contributed by atoms with E-state index in [4.69, 9.17) is 4.42 Å². The van der Waals surface area contributed by atoms with E-state index in [1.807, 2.05) is 24.1 Å². The number of nitrogens with zero attached hydrogens (tertiary/aromatic N) is 3. The molecular formula is C19H24N4O3. The van der Waals surface area contributed by atoms with Gasteiger partial charge in [-0.15, -0.1) is 0 Å². The Morgan fingerprint density at radius 3 is 2.85 bits per heavy atom. The summed E-state index contributed by atoms with van der Waals surface area (Å²) in [5, 5.41) is 2.83. The Labute approximate surface area is 152 Å². The lowest BCUT2D eigenvalue weighted by atomic mass is 10.1. The van der Waals surface area contributed by atoms with Gasteiger partial charge in [0.15, 0.2) is 0 Å². The molecule has 7 heteroatoms. The number of carbonyl (C=O) groups is 2. The average Bonchev–Trinajstić information content (AvgIpc) is 3.03. The zero-order valence-electron chi connectivity index (χ0n) is 15.1. The van der Waals surface area contributed by atoms with Gasteiger partial charge in [0, 0.05) is 25.2 Å². The maximum Gasteiger partial charge on any atom is 0.226 e. The normalized spacial score (nSPS) is 24.2. The molecule has 0 bridgehead atoms. The summed E-state index contributed by atoms with van der Waals surface area (Å²) in [6.07, 6.45) is 4.74. The quantitative estimate of drug-likeness (QED) is 0.887. The van der Waals surface area contributed by atoms with Crippen LogP contribution >= 0.6 is 0 Å². The highest BCUT2D eigenvalue weighted by Crippen LogP contribution is 2.41. The molecule has 1 saturated carbocycles. The molecule has 3 atom stereocenters. The van der Waals surface area contributed by atoms with Crippen molar-refractivity contribution in [2.24, 2.45) is 11.8 Å². The Bertz CT molecular complexity index is 811. The Morgan fingerprint density at radius 2 is 2.15 bits per heavy atom. The first-order valence-electron chi connectivity index (χ1n) is 9.18. The van der Waals surface area contributed by atoms with Crippen LogP contribution in [0.3, 0.4) is 0 Å². The number of furan rings is 1. The van der Waals surface area contributed by atoms with Gasteiger partial charge < -0.3 is 19.2 Å². The van der Waals surface area contributed by atoms with Crippen molar-refractivity contribution >= 4 is 11.8 Å². The fraction of sp³-hybridized carbons (Fsp3) is 0.526. The molecule has 138 valence electrons. The van der Waals surface area contributed by atoms with Crippen LogP contribution in [0.2, 0.25) is 0 Å². The molecule has 0 unspecified atom stereocenters. The molecule has 0 radical (unpaired) electrons. The summed E-state index contributed by atoms with van der Waals surface area (Å²) in [7, 11) is 0. The third-order valence-corrected chi connectivity index (χ3v) is 5.37. The largest absolute Gasteiger partial charge is 0.467 e. The second kappa shape index (κ2) is 6.63. The number of fused-ring (bicyclic) bond motifs is 1. The van der Waals surface area contributed by atoms with Crippen molar-refractivity contribution in [3.63, 3.8) is 0 Å². The van der Waals surface area contributed by atoms with E-state index >= 15 is 0 Å². The highest BCUT2D eigenvalue weighted by Gasteiger charge is 2.43. The smallest absolute Gasteiger partial charge is 0.226 e. The van der Waals surface area contributed by atoms with E-state index in [2.05, 4.69) is 21.8 Å². The number of amides is 2. The predicted molar refractivity (Wildman–Crippen MR) is 93.9 cm³/mol.